The number of hydrogen-bond donors (Lipinski definition) is 5. The summed E-state index contributed by atoms with van der Waals surface area (Å²) in [4.78, 5) is 17.1. The Labute approximate surface area is 219 Å². The summed E-state index contributed by atoms with van der Waals surface area (Å²) in [5.41, 5.74) is 0. The second-order valence-corrected chi connectivity index (χ2v) is 12.8. The molecule has 5 N–H and O–H groups in total. The van der Waals surface area contributed by atoms with Crippen LogP contribution in [-0.2, 0) is 4.79 Å². The van der Waals surface area contributed by atoms with Crippen molar-refractivity contribution in [2.45, 2.75) is 81.0 Å². The molecule has 1 amide bonds. The van der Waals surface area contributed by atoms with Gasteiger partial charge in [0.2, 0.25) is 0 Å². The predicted octanol–water partition coefficient (Wildman–Crippen LogP) is 0.653. The number of alkyl halides is 2. The summed E-state index contributed by atoms with van der Waals surface area (Å²) in [6.07, 6.45) is 5.65. The number of rotatable bonds is 3. The molecular weight excluding hydrogens is 483 g/mol. The molecule has 6 fully saturated rings. The van der Waals surface area contributed by atoms with Crippen LogP contribution >= 0.6 is 11.6 Å². The van der Waals surface area contributed by atoms with E-state index in [4.69, 9.17) is 11.6 Å². The van der Waals surface area contributed by atoms with Gasteiger partial charge in [-0.3, -0.25) is 31.0 Å². The molecule has 0 aromatic carbocycles. The number of piperazine rings is 1. The standard InChI is InChI=1S/C26H44ClFN6O2/c27-20-13-19-23(22(28)21(20)18-12-16(35)11-15-3-1-2-4-17(15)18)31-14-32-25(19)33-7-9-34(10-8-33)26(36)24-29-5-6-30-24/h15-25,29-32,35H,1-14H2. The first-order chi connectivity index (χ1) is 17.5. The summed E-state index contributed by atoms with van der Waals surface area (Å²) in [7, 11) is 0. The molecule has 0 aromatic rings. The van der Waals surface area contributed by atoms with Crippen molar-refractivity contribution < 1.29 is 14.3 Å². The number of carbonyl (C=O) groups is 1. The fourth-order valence-electron chi connectivity index (χ4n) is 8.72. The van der Waals surface area contributed by atoms with Crippen LogP contribution in [0.4, 0.5) is 4.39 Å². The van der Waals surface area contributed by atoms with Crippen molar-refractivity contribution in [1.82, 2.24) is 31.1 Å². The fourth-order valence-corrected chi connectivity index (χ4v) is 9.25. The molecule has 0 radical (unpaired) electrons. The van der Waals surface area contributed by atoms with Gasteiger partial charge in [-0.05, 0) is 43.4 Å². The third-order valence-corrected chi connectivity index (χ3v) is 10.8. The van der Waals surface area contributed by atoms with E-state index in [1.807, 2.05) is 4.90 Å². The summed E-state index contributed by atoms with van der Waals surface area (Å²) in [6.45, 7) is 5.18. The van der Waals surface area contributed by atoms with Gasteiger partial charge in [-0.2, -0.15) is 0 Å². The van der Waals surface area contributed by atoms with Gasteiger partial charge in [0.05, 0.1) is 12.3 Å². The van der Waals surface area contributed by atoms with Gasteiger partial charge in [0.1, 0.15) is 12.3 Å². The van der Waals surface area contributed by atoms with E-state index in [9.17, 15) is 9.90 Å². The molecule has 10 heteroatoms. The molecule has 3 aliphatic heterocycles. The van der Waals surface area contributed by atoms with Crippen LogP contribution in [0.2, 0.25) is 0 Å². The molecule has 0 spiro atoms. The predicted molar refractivity (Wildman–Crippen MR) is 137 cm³/mol. The third kappa shape index (κ3) is 4.82. The van der Waals surface area contributed by atoms with Gasteiger partial charge in [0.15, 0.2) is 0 Å². The van der Waals surface area contributed by atoms with Gasteiger partial charge >= 0.3 is 0 Å². The van der Waals surface area contributed by atoms with E-state index in [0.717, 1.165) is 45.4 Å². The highest BCUT2D eigenvalue weighted by Crippen LogP contribution is 2.52. The zero-order chi connectivity index (χ0) is 24.8. The van der Waals surface area contributed by atoms with Gasteiger partial charge in [-0.25, -0.2) is 4.39 Å². The number of carbonyl (C=O) groups excluding carboxylic acids is 1. The van der Waals surface area contributed by atoms with E-state index in [1.165, 1.54) is 19.3 Å². The number of aliphatic hydroxyl groups is 1. The number of aliphatic hydroxyl groups excluding tert-OH is 1. The number of fused-ring (bicyclic) bond motifs is 2. The topological polar surface area (TPSA) is 91.9 Å². The van der Waals surface area contributed by atoms with Crippen LogP contribution in [0.1, 0.15) is 44.9 Å². The van der Waals surface area contributed by atoms with Gasteiger partial charge < -0.3 is 10.0 Å². The second-order valence-electron chi connectivity index (χ2n) is 12.2. The maximum absolute atomic E-state index is 16.4. The third-order valence-electron chi connectivity index (χ3n) is 10.4. The molecule has 6 aliphatic rings. The maximum atomic E-state index is 16.4. The zero-order valence-corrected chi connectivity index (χ0v) is 22.0. The monoisotopic (exact) mass is 526 g/mol. The lowest BCUT2D eigenvalue weighted by Crippen LogP contribution is -2.71. The summed E-state index contributed by atoms with van der Waals surface area (Å²) < 4.78 is 16.4. The largest absolute Gasteiger partial charge is 0.393 e. The average Bonchev–Trinajstić information content (AvgIpc) is 3.43. The molecule has 204 valence electrons. The highest BCUT2D eigenvalue weighted by atomic mass is 35.5. The van der Waals surface area contributed by atoms with E-state index < -0.39 is 6.17 Å². The minimum absolute atomic E-state index is 0.0658. The first-order valence-corrected chi connectivity index (χ1v) is 14.9. The lowest BCUT2D eigenvalue weighted by atomic mass is 9.57. The van der Waals surface area contributed by atoms with Crippen molar-refractivity contribution >= 4 is 17.5 Å². The molecule has 10 atom stereocenters. The van der Waals surface area contributed by atoms with Crippen molar-refractivity contribution in [1.29, 1.82) is 0 Å². The highest BCUT2D eigenvalue weighted by Gasteiger charge is 2.55. The lowest BCUT2D eigenvalue weighted by molar-refractivity contribution is -0.136. The molecule has 3 saturated heterocycles. The van der Waals surface area contributed by atoms with Crippen molar-refractivity contribution in [2.24, 2.45) is 29.6 Å². The summed E-state index contributed by atoms with van der Waals surface area (Å²) in [5, 5.41) is 23.9. The fraction of sp³-hybridized carbons (Fsp3) is 0.962. The van der Waals surface area contributed by atoms with Crippen LogP contribution in [0.25, 0.3) is 0 Å². The Kier molecular flexibility index (Phi) is 7.79. The summed E-state index contributed by atoms with van der Waals surface area (Å²) in [5.74, 6) is 1.24. The van der Waals surface area contributed by atoms with Gasteiger partial charge in [0, 0.05) is 69.2 Å². The molecule has 3 saturated carbocycles. The van der Waals surface area contributed by atoms with E-state index in [2.05, 4.69) is 26.2 Å². The lowest BCUT2D eigenvalue weighted by Gasteiger charge is -2.55. The summed E-state index contributed by atoms with van der Waals surface area (Å²) >= 11 is 7.09. The molecule has 8 nitrogen and oxygen atoms in total. The zero-order valence-electron chi connectivity index (χ0n) is 21.3. The molecule has 36 heavy (non-hydrogen) atoms. The quantitative estimate of drug-likeness (QED) is 0.345. The van der Waals surface area contributed by atoms with Crippen molar-refractivity contribution in [3.05, 3.63) is 0 Å². The Balaban J connectivity index is 1.12. The molecular formula is C26H44ClFN6O2. The second kappa shape index (κ2) is 10.9. The molecule has 3 aliphatic carbocycles. The van der Waals surface area contributed by atoms with Crippen molar-refractivity contribution in [3.63, 3.8) is 0 Å². The van der Waals surface area contributed by atoms with Crippen LogP contribution in [0, 0.1) is 29.6 Å². The first kappa shape index (κ1) is 25.7. The number of amides is 1. The Morgan fingerprint density at radius 1 is 0.889 bits per heavy atom. The molecule has 0 aromatic heterocycles. The van der Waals surface area contributed by atoms with Crippen molar-refractivity contribution in [3.8, 4) is 0 Å². The Morgan fingerprint density at radius 2 is 1.64 bits per heavy atom. The molecule has 6 rings (SSSR count). The number of hydrogen-bond acceptors (Lipinski definition) is 7. The van der Waals surface area contributed by atoms with Crippen LogP contribution in [0.5, 0.6) is 0 Å². The normalized spacial score (nSPS) is 46.8. The van der Waals surface area contributed by atoms with Crippen LogP contribution in [-0.4, -0.2) is 103 Å². The first-order valence-electron chi connectivity index (χ1n) is 14.4. The average molecular weight is 527 g/mol. The number of halogens is 2. The van der Waals surface area contributed by atoms with E-state index in [1.54, 1.807) is 0 Å². The van der Waals surface area contributed by atoms with Crippen molar-refractivity contribution in [2.75, 3.05) is 45.9 Å². The SMILES string of the molecule is O=C(C1NCCN1)N1CCN(C2NCNC3C(F)C(C4CC(O)CC5CCCCC54)C(Cl)CC32)CC1. The number of nitrogens with zero attached hydrogens (tertiary/aromatic N) is 2. The molecule has 0 bridgehead atoms. The highest BCUT2D eigenvalue weighted by molar-refractivity contribution is 6.21. The van der Waals surface area contributed by atoms with E-state index >= 15 is 4.39 Å². The molecule has 3 heterocycles. The Hall–Kier alpha value is -0.550. The smallest absolute Gasteiger partial charge is 0.254 e. The number of nitrogens with one attached hydrogen (secondary N) is 4. The summed E-state index contributed by atoms with van der Waals surface area (Å²) in [6, 6.07) is -0.219. The van der Waals surface area contributed by atoms with Gasteiger partial charge in [0.25, 0.3) is 5.91 Å². The van der Waals surface area contributed by atoms with Gasteiger partial charge in [-0.15, -0.1) is 11.6 Å². The Bertz CT molecular complexity index is 782. The van der Waals surface area contributed by atoms with Crippen LogP contribution in [0.3, 0.4) is 0 Å². The minimum Gasteiger partial charge on any atom is -0.393 e. The Morgan fingerprint density at radius 3 is 2.42 bits per heavy atom. The minimum atomic E-state index is -1.00. The van der Waals surface area contributed by atoms with Crippen LogP contribution in [0.15, 0.2) is 0 Å². The van der Waals surface area contributed by atoms with E-state index in [0.29, 0.717) is 38.0 Å². The maximum Gasteiger partial charge on any atom is 0.254 e. The van der Waals surface area contributed by atoms with E-state index in [-0.39, 0.29) is 53.5 Å². The molecule has 10 unspecified atom stereocenters. The van der Waals surface area contributed by atoms with Crippen LogP contribution < -0.4 is 21.3 Å². The van der Waals surface area contributed by atoms with Gasteiger partial charge in [-0.1, -0.05) is 19.3 Å².